The molecule has 0 saturated carbocycles. The fourth-order valence-electron chi connectivity index (χ4n) is 4.29. The second-order valence-corrected chi connectivity index (χ2v) is 11.3. The topological polar surface area (TPSA) is 80.9 Å². The highest BCUT2D eigenvalue weighted by molar-refractivity contribution is 5.87. The number of aliphatic carboxylic acids is 1. The molecule has 6 nitrogen and oxygen atoms in total. The number of allylic oxidation sites excluding steroid dienone is 6. The molecule has 3 rings (SSSR count). The van der Waals surface area contributed by atoms with Crippen molar-refractivity contribution in [3.8, 4) is 11.5 Å². The van der Waals surface area contributed by atoms with Crippen LogP contribution >= 0.6 is 0 Å². The van der Waals surface area contributed by atoms with Crippen LogP contribution in [0.4, 0.5) is 13.2 Å². The number of hydrogen-bond donors (Lipinski definition) is 2. The Labute approximate surface area is 279 Å². The Morgan fingerprint density at radius 2 is 1.57 bits per heavy atom. The molecule has 47 heavy (non-hydrogen) atoms. The van der Waals surface area contributed by atoms with Crippen LogP contribution in [0.25, 0.3) is 10.9 Å². The standard InChI is InChI=1S/C22H22F3NO4.C11H20.C4H8.CH4O/c1-13-16(11-14-7-5-6-8-19(14)30-21(2,3)20(27)28)17-12-15(29-22(23,24)25)9-10-18(17)26(13)4;1-5-7-9-11(8-6-2)10(3)4;1-3-4-2;1-2/h5-10,12H,11H2,1-4H3,(H,27,28);7-10H,5-6H2,1-4H3;3-4H,1-2H3;2H,1H3/b;9-7-,11-8-;4-3+;. The van der Waals surface area contributed by atoms with E-state index in [1.165, 1.54) is 31.6 Å². The number of benzene rings is 2. The van der Waals surface area contributed by atoms with Crippen molar-refractivity contribution in [2.75, 3.05) is 7.11 Å². The van der Waals surface area contributed by atoms with Crippen molar-refractivity contribution in [1.82, 2.24) is 4.57 Å². The Morgan fingerprint density at radius 3 is 2.06 bits per heavy atom. The first-order valence-electron chi connectivity index (χ1n) is 15.7. The van der Waals surface area contributed by atoms with Crippen molar-refractivity contribution in [3.63, 3.8) is 0 Å². The molecule has 0 radical (unpaired) electrons. The second kappa shape index (κ2) is 21.0. The first-order chi connectivity index (χ1) is 22.0. The molecule has 1 aromatic heterocycles. The lowest BCUT2D eigenvalue weighted by Crippen LogP contribution is -2.38. The number of carboxylic acid groups (broad SMARTS) is 1. The van der Waals surface area contributed by atoms with Gasteiger partial charge in [-0.25, -0.2) is 4.79 Å². The van der Waals surface area contributed by atoms with Crippen LogP contribution in [0.2, 0.25) is 0 Å². The number of alkyl halides is 3. The highest BCUT2D eigenvalue weighted by Crippen LogP contribution is 2.34. The van der Waals surface area contributed by atoms with Crippen molar-refractivity contribution in [2.45, 2.75) is 93.5 Å². The minimum absolute atomic E-state index is 0.293. The van der Waals surface area contributed by atoms with Crippen molar-refractivity contribution in [3.05, 3.63) is 95.2 Å². The highest BCUT2D eigenvalue weighted by Gasteiger charge is 2.32. The van der Waals surface area contributed by atoms with Crippen LogP contribution in [0.5, 0.6) is 11.5 Å². The SMILES string of the molecule is C/C=C/C.CC/C=C\C(=C\CC)C(C)C.CO.Cc1c(Cc2ccccc2OC(C)(C)C(=O)O)c2cc(OC(F)(F)F)ccc2n1C. The fraction of sp³-hybridized carbons (Fsp3) is 0.447. The number of aliphatic hydroxyl groups excluding tert-OH is 1. The molecule has 0 fully saturated rings. The van der Waals surface area contributed by atoms with Gasteiger partial charge >= 0.3 is 12.3 Å². The molecule has 2 N–H and O–H groups in total. The predicted molar refractivity (Wildman–Crippen MR) is 187 cm³/mol. The molecule has 1 heterocycles. The summed E-state index contributed by atoms with van der Waals surface area (Å²) in [5.74, 6) is -0.326. The molecule has 2 aromatic carbocycles. The minimum atomic E-state index is -4.78. The molecule has 9 heteroatoms. The molecule has 262 valence electrons. The Hall–Kier alpha value is -3.98. The predicted octanol–water partition coefficient (Wildman–Crippen LogP) is 10.4. The van der Waals surface area contributed by atoms with Gasteiger partial charge < -0.3 is 24.3 Å². The zero-order chi connectivity index (χ0) is 36.4. The number of aromatic nitrogens is 1. The van der Waals surface area contributed by atoms with Gasteiger partial charge in [0.05, 0.1) is 0 Å². The van der Waals surface area contributed by atoms with Crippen LogP contribution in [0.15, 0.2) is 78.4 Å². The van der Waals surface area contributed by atoms with Crippen LogP contribution < -0.4 is 9.47 Å². The van der Waals surface area contributed by atoms with E-state index in [1.807, 2.05) is 50.6 Å². The van der Waals surface area contributed by atoms with E-state index in [0.717, 1.165) is 42.3 Å². The lowest BCUT2D eigenvalue weighted by atomic mass is 10.0. The monoisotopic (exact) mass is 661 g/mol. The van der Waals surface area contributed by atoms with Gasteiger partial charge in [-0.05, 0) is 94.3 Å². The quantitative estimate of drug-likeness (QED) is 0.167. The first-order valence-corrected chi connectivity index (χ1v) is 15.7. The number of carboxylic acids is 1. The van der Waals surface area contributed by atoms with E-state index in [4.69, 9.17) is 9.84 Å². The summed E-state index contributed by atoms with van der Waals surface area (Å²) in [5.41, 5.74) is 3.21. The van der Waals surface area contributed by atoms with E-state index in [9.17, 15) is 23.1 Å². The van der Waals surface area contributed by atoms with Gasteiger partial charge in [-0.3, -0.25) is 0 Å². The van der Waals surface area contributed by atoms with E-state index < -0.39 is 17.9 Å². The summed E-state index contributed by atoms with van der Waals surface area (Å²) in [7, 11) is 2.83. The van der Waals surface area contributed by atoms with Crippen molar-refractivity contribution >= 4 is 16.9 Å². The van der Waals surface area contributed by atoms with Crippen LogP contribution in [-0.4, -0.2) is 39.8 Å². The van der Waals surface area contributed by atoms with Gasteiger partial charge in [-0.2, -0.15) is 0 Å². The van der Waals surface area contributed by atoms with Gasteiger partial charge in [0.2, 0.25) is 0 Å². The van der Waals surface area contributed by atoms with E-state index in [-0.39, 0.29) is 5.75 Å². The Morgan fingerprint density at radius 1 is 0.979 bits per heavy atom. The summed E-state index contributed by atoms with van der Waals surface area (Å²) in [6.45, 7) is 17.6. The molecule has 0 aliphatic carbocycles. The number of rotatable bonds is 10. The van der Waals surface area contributed by atoms with E-state index in [0.29, 0.717) is 23.5 Å². The Balaban J connectivity index is 0.00000104. The van der Waals surface area contributed by atoms with Crippen molar-refractivity contribution in [1.29, 1.82) is 0 Å². The Bertz CT molecular complexity index is 1460. The number of hydrogen-bond acceptors (Lipinski definition) is 4. The summed E-state index contributed by atoms with van der Waals surface area (Å²) in [6.07, 6.45) is 8.62. The second-order valence-electron chi connectivity index (χ2n) is 11.3. The number of carbonyl (C=O) groups is 1. The van der Waals surface area contributed by atoms with Crippen molar-refractivity contribution < 1.29 is 37.7 Å². The average molecular weight is 662 g/mol. The summed E-state index contributed by atoms with van der Waals surface area (Å²) >= 11 is 0. The Kier molecular flexibility index (Phi) is 19.2. The van der Waals surface area contributed by atoms with Crippen LogP contribution in [0, 0.1) is 12.8 Å². The fourth-order valence-corrected chi connectivity index (χ4v) is 4.29. The summed E-state index contributed by atoms with van der Waals surface area (Å²) in [6, 6.07) is 11.3. The molecule has 0 bridgehead atoms. The van der Waals surface area contributed by atoms with E-state index in [2.05, 4.69) is 50.7 Å². The number of halogens is 3. The lowest BCUT2D eigenvalue weighted by Gasteiger charge is -2.23. The molecule has 0 unspecified atom stereocenters. The summed E-state index contributed by atoms with van der Waals surface area (Å²) in [4.78, 5) is 11.4. The van der Waals surface area contributed by atoms with E-state index in [1.54, 1.807) is 24.3 Å². The minimum Gasteiger partial charge on any atom is -0.478 e. The zero-order valence-electron chi connectivity index (χ0n) is 29.8. The zero-order valence-corrected chi connectivity index (χ0v) is 29.8. The maximum absolute atomic E-state index is 12.7. The number of fused-ring (bicyclic) bond motifs is 1. The van der Waals surface area contributed by atoms with Gasteiger partial charge in [0.1, 0.15) is 11.5 Å². The van der Waals surface area contributed by atoms with Gasteiger partial charge in [0, 0.05) is 37.2 Å². The molecule has 0 aliphatic heterocycles. The molecular weight excluding hydrogens is 607 g/mol. The van der Waals surface area contributed by atoms with Gasteiger partial charge in [0.25, 0.3) is 0 Å². The highest BCUT2D eigenvalue weighted by atomic mass is 19.4. The molecule has 3 aromatic rings. The number of para-hydroxylation sites is 1. The maximum atomic E-state index is 12.7. The number of aryl methyl sites for hydroxylation is 1. The molecule has 0 aliphatic rings. The summed E-state index contributed by atoms with van der Waals surface area (Å²) < 4.78 is 49.7. The molecule has 0 spiro atoms. The molecule has 0 atom stereocenters. The van der Waals surface area contributed by atoms with Gasteiger partial charge in [-0.1, -0.05) is 76.3 Å². The summed E-state index contributed by atoms with van der Waals surface area (Å²) in [5, 5.41) is 17.0. The smallest absolute Gasteiger partial charge is 0.478 e. The van der Waals surface area contributed by atoms with Gasteiger partial charge in [-0.15, -0.1) is 13.2 Å². The van der Waals surface area contributed by atoms with Crippen LogP contribution in [0.3, 0.4) is 0 Å². The number of nitrogens with zero attached hydrogens (tertiary/aromatic N) is 1. The van der Waals surface area contributed by atoms with Crippen molar-refractivity contribution in [2.24, 2.45) is 13.0 Å². The normalized spacial score (nSPS) is 11.9. The largest absolute Gasteiger partial charge is 0.573 e. The average Bonchev–Trinajstić information content (AvgIpc) is 3.24. The molecular formula is C38H54F3NO5. The van der Waals surface area contributed by atoms with Gasteiger partial charge in [0.15, 0.2) is 5.60 Å². The number of ether oxygens (including phenoxy) is 2. The third kappa shape index (κ3) is 14.5. The molecule has 0 amide bonds. The third-order valence-electron chi connectivity index (χ3n) is 7.03. The van der Waals surface area contributed by atoms with Crippen LogP contribution in [-0.2, 0) is 18.3 Å². The maximum Gasteiger partial charge on any atom is 0.573 e. The number of aliphatic hydroxyl groups is 1. The molecule has 0 saturated heterocycles. The van der Waals surface area contributed by atoms with Crippen LogP contribution in [0.1, 0.15) is 85.1 Å². The first kappa shape index (κ1) is 43.0. The van der Waals surface area contributed by atoms with E-state index >= 15 is 0 Å². The lowest BCUT2D eigenvalue weighted by molar-refractivity contribution is -0.274. The third-order valence-corrected chi connectivity index (χ3v) is 7.03.